The highest BCUT2D eigenvalue weighted by Crippen LogP contribution is 2.48. The Kier molecular flexibility index (Phi) is 3.63. The summed E-state index contributed by atoms with van der Waals surface area (Å²) in [5.41, 5.74) is 8.01. The molecule has 1 aliphatic heterocycles. The summed E-state index contributed by atoms with van der Waals surface area (Å²) in [5.74, 6) is 0.381. The summed E-state index contributed by atoms with van der Waals surface area (Å²) in [7, 11) is 0. The first-order valence-electron chi connectivity index (χ1n) is 9.12. The molecule has 2 atom stereocenters. The van der Waals surface area contributed by atoms with Crippen LogP contribution in [0.3, 0.4) is 0 Å². The molecular formula is C20H25N3O2. The fourth-order valence-electron chi connectivity index (χ4n) is 4.64. The molecule has 1 aromatic heterocycles. The Morgan fingerprint density at radius 2 is 2.12 bits per heavy atom. The smallest absolute Gasteiger partial charge is 0.270 e. The Hall–Kier alpha value is -2.30. The van der Waals surface area contributed by atoms with Gasteiger partial charge in [0.15, 0.2) is 0 Å². The molecule has 2 heterocycles. The van der Waals surface area contributed by atoms with Crippen LogP contribution in [0.15, 0.2) is 24.3 Å². The van der Waals surface area contributed by atoms with E-state index in [0.717, 1.165) is 30.2 Å². The number of nitrogens with one attached hydrogen (secondary N) is 1. The lowest BCUT2D eigenvalue weighted by Gasteiger charge is -2.24. The number of aromatic amines is 1. The van der Waals surface area contributed by atoms with E-state index in [1.807, 2.05) is 11.0 Å². The van der Waals surface area contributed by atoms with Crippen molar-refractivity contribution < 1.29 is 9.59 Å². The highest BCUT2D eigenvalue weighted by atomic mass is 16.2. The quantitative estimate of drug-likeness (QED) is 0.901. The molecule has 2 fully saturated rings. The van der Waals surface area contributed by atoms with Gasteiger partial charge in [-0.25, -0.2) is 0 Å². The van der Waals surface area contributed by atoms with Crippen molar-refractivity contribution in [2.75, 3.05) is 13.1 Å². The molecular weight excluding hydrogens is 314 g/mol. The van der Waals surface area contributed by atoms with Gasteiger partial charge < -0.3 is 15.6 Å². The number of amides is 2. The van der Waals surface area contributed by atoms with Gasteiger partial charge in [0.2, 0.25) is 5.91 Å². The molecule has 4 rings (SSSR count). The zero-order valence-electron chi connectivity index (χ0n) is 14.8. The largest absolute Gasteiger partial charge is 0.369 e. The van der Waals surface area contributed by atoms with Gasteiger partial charge in [0.25, 0.3) is 5.91 Å². The predicted molar refractivity (Wildman–Crippen MR) is 97.3 cm³/mol. The first kappa shape index (κ1) is 16.2. The summed E-state index contributed by atoms with van der Waals surface area (Å²) < 4.78 is 0. The highest BCUT2D eigenvalue weighted by Gasteiger charge is 2.54. The predicted octanol–water partition coefficient (Wildman–Crippen LogP) is 3.02. The molecule has 0 bridgehead atoms. The van der Waals surface area contributed by atoms with Gasteiger partial charge in [0, 0.05) is 24.0 Å². The van der Waals surface area contributed by atoms with Crippen LogP contribution in [-0.2, 0) is 4.79 Å². The normalized spacial score (nSPS) is 25.7. The van der Waals surface area contributed by atoms with Gasteiger partial charge in [-0.15, -0.1) is 0 Å². The first-order valence-corrected chi connectivity index (χ1v) is 9.12. The number of carbonyl (C=O) groups is 2. The number of primary amides is 1. The van der Waals surface area contributed by atoms with Crippen molar-refractivity contribution in [1.29, 1.82) is 0 Å². The van der Waals surface area contributed by atoms with E-state index < -0.39 is 5.41 Å². The number of benzene rings is 1. The maximum atomic E-state index is 13.0. The minimum Gasteiger partial charge on any atom is -0.369 e. The molecule has 0 unspecified atom stereocenters. The van der Waals surface area contributed by atoms with E-state index in [1.54, 1.807) is 0 Å². The van der Waals surface area contributed by atoms with Crippen molar-refractivity contribution in [1.82, 2.24) is 9.88 Å². The second kappa shape index (κ2) is 5.61. The third-order valence-corrected chi connectivity index (χ3v) is 6.19. The van der Waals surface area contributed by atoms with Crippen LogP contribution in [0, 0.1) is 11.3 Å². The molecule has 5 nitrogen and oxygen atoms in total. The lowest BCUT2D eigenvalue weighted by Crippen LogP contribution is -2.41. The van der Waals surface area contributed by atoms with Gasteiger partial charge in [0.1, 0.15) is 5.69 Å². The molecule has 1 saturated carbocycles. The topological polar surface area (TPSA) is 79.2 Å². The number of hydrogen-bond acceptors (Lipinski definition) is 2. The van der Waals surface area contributed by atoms with Crippen molar-refractivity contribution in [3.8, 4) is 0 Å². The summed E-state index contributed by atoms with van der Waals surface area (Å²) in [4.78, 5) is 30.1. The van der Waals surface area contributed by atoms with Crippen molar-refractivity contribution in [2.45, 2.75) is 39.0 Å². The molecule has 0 spiro atoms. The Bertz CT molecular complexity index is 854. The molecule has 1 saturated heterocycles. The van der Waals surface area contributed by atoms with E-state index in [-0.39, 0.29) is 17.7 Å². The van der Waals surface area contributed by atoms with Crippen LogP contribution in [0.4, 0.5) is 0 Å². The zero-order valence-corrected chi connectivity index (χ0v) is 14.8. The van der Waals surface area contributed by atoms with Gasteiger partial charge in [-0.2, -0.15) is 0 Å². The van der Waals surface area contributed by atoms with Gasteiger partial charge in [-0.05, 0) is 42.4 Å². The maximum Gasteiger partial charge on any atom is 0.270 e. The standard InChI is InChI=1S/C20H25N3O2/c1-12(2)13-5-6-14-9-17(22-16(14)8-13)18(24)23-10-15-4-3-7-20(15,11-23)19(21)25/h5-6,8-9,12,15,22H,3-4,7,10-11H2,1-2H3,(H2,21,25)/t15-,20-/m0/s1. The molecule has 2 aromatic rings. The summed E-state index contributed by atoms with van der Waals surface area (Å²) in [6.07, 6.45) is 2.82. The number of carbonyl (C=O) groups excluding carboxylic acids is 2. The van der Waals surface area contributed by atoms with E-state index >= 15 is 0 Å². The number of H-pyrrole nitrogens is 1. The van der Waals surface area contributed by atoms with Gasteiger partial charge in [-0.3, -0.25) is 9.59 Å². The molecule has 5 heteroatoms. The Balaban J connectivity index is 1.61. The number of fused-ring (bicyclic) bond motifs is 2. The molecule has 1 aliphatic carbocycles. The molecule has 2 amide bonds. The van der Waals surface area contributed by atoms with Gasteiger partial charge >= 0.3 is 0 Å². The minimum absolute atomic E-state index is 0.0303. The van der Waals surface area contributed by atoms with Gasteiger partial charge in [-0.1, -0.05) is 32.4 Å². The fraction of sp³-hybridized carbons (Fsp3) is 0.500. The third-order valence-electron chi connectivity index (χ3n) is 6.19. The third kappa shape index (κ3) is 2.44. The zero-order chi connectivity index (χ0) is 17.8. The van der Waals surface area contributed by atoms with Crippen molar-refractivity contribution in [3.05, 3.63) is 35.5 Å². The monoisotopic (exact) mass is 339 g/mol. The van der Waals surface area contributed by atoms with Gasteiger partial charge in [0.05, 0.1) is 5.41 Å². The molecule has 1 aromatic carbocycles. The van der Waals surface area contributed by atoms with E-state index in [1.165, 1.54) is 5.56 Å². The number of aromatic nitrogens is 1. The van der Waals surface area contributed by atoms with E-state index in [2.05, 4.69) is 37.0 Å². The van der Waals surface area contributed by atoms with E-state index in [0.29, 0.717) is 24.7 Å². The van der Waals surface area contributed by atoms with Crippen LogP contribution in [0.5, 0.6) is 0 Å². The minimum atomic E-state index is -0.507. The number of nitrogens with zero attached hydrogens (tertiary/aromatic N) is 1. The summed E-state index contributed by atoms with van der Waals surface area (Å²) in [6, 6.07) is 8.19. The molecule has 25 heavy (non-hydrogen) atoms. The molecule has 132 valence electrons. The number of rotatable bonds is 3. The maximum absolute atomic E-state index is 13.0. The van der Waals surface area contributed by atoms with Crippen molar-refractivity contribution >= 4 is 22.7 Å². The van der Waals surface area contributed by atoms with Crippen LogP contribution in [0.25, 0.3) is 10.9 Å². The Labute approximate surface area is 147 Å². The number of hydrogen-bond donors (Lipinski definition) is 2. The Morgan fingerprint density at radius 3 is 2.80 bits per heavy atom. The van der Waals surface area contributed by atoms with Crippen LogP contribution in [0.1, 0.15) is 55.1 Å². The lowest BCUT2D eigenvalue weighted by atomic mass is 9.80. The second-order valence-electron chi connectivity index (χ2n) is 7.98. The van der Waals surface area contributed by atoms with Crippen molar-refractivity contribution in [3.63, 3.8) is 0 Å². The average Bonchev–Trinajstić information content (AvgIpc) is 3.24. The van der Waals surface area contributed by atoms with E-state index in [4.69, 9.17) is 5.73 Å². The SMILES string of the molecule is CC(C)c1ccc2cc(C(=O)N3C[C@@H]4CCC[C@]4(C(N)=O)C3)[nH]c2c1. The first-order chi connectivity index (χ1) is 11.9. The summed E-state index contributed by atoms with van der Waals surface area (Å²) >= 11 is 0. The number of nitrogens with two attached hydrogens (primary N) is 1. The fourth-order valence-corrected chi connectivity index (χ4v) is 4.64. The van der Waals surface area contributed by atoms with Crippen LogP contribution in [0.2, 0.25) is 0 Å². The highest BCUT2D eigenvalue weighted by molar-refractivity contribution is 5.99. The Morgan fingerprint density at radius 1 is 1.32 bits per heavy atom. The molecule has 2 aliphatic rings. The van der Waals surface area contributed by atoms with Crippen LogP contribution in [-0.4, -0.2) is 34.8 Å². The average molecular weight is 339 g/mol. The van der Waals surface area contributed by atoms with Crippen LogP contribution < -0.4 is 5.73 Å². The van der Waals surface area contributed by atoms with Crippen LogP contribution >= 0.6 is 0 Å². The van der Waals surface area contributed by atoms with E-state index in [9.17, 15) is 9.59 Å². The lowest BCUT2D eigenvalue weighted by molar-refractivity contribution is -0.128. The molecule has 0 radical (unpaired) electrons. The summed E-state index contributed by atoms with van der Waals surface area (Å²) in [5, 5.41) is 1.04. The second-order valence-corrected chi connectivity index (χ2v) is 7.98. The number of likely N-dealkylation sites (tertiary alicyclic amines) is 1. The molecule has 3 N–H and O–H groups in total. The van der Waals surface area contributed by atoms with Crippen molar-refractivity contribution in [2.24, 2.45) is 17.1 Å². The summed E-state index contributed by atoms with van der Waals surface area (Å²) in [6.45, 7) is 5.40.